The first-order valence-corrected chi connectivity index (χ1v) is 12.4. The van der Waals surface area contributed by atoms with Crippen molar-refractivity contribution in [3.63, 3.8) is 0 Å². The van der Waals surface area contributed by atoms with Crippen molar-refractivity contribution >= 4 is 52.0 Å². The number of anilines is 1. The van der Waals surface area contributed by atoms with Crippen LogP contribution in [0, 0.1) is 0 Å². The van der Waals surface area contributed by atoms with Crippen molar-refractivity contribution in [3.8, 4) is 10.6 Å². The quantitative estimate of drug-likeness (QED) is 0.422. The predicted molar refractivity (Wildman–Crippen MR) is 104 cm³/mol. The zero-order valence-corrected chi connectivity index (χ0v) is 17.6. The first-order valence-electron chi connectivity index (χ1n) is 8.09. The first-order chi connectivity index (χ1) is 11.2. The topological polar surface area (TPSA) is 16.1 Å². The van der Waals surface area contributed by atoms with Crippen molar-refractivity contribution in [2.24, 2.45) is 0 Å². The molecule has 0 atom stereocenters. The molecule has 3 aromatic rings. The fraction of sp³-hybridized carbons (Fsp3) is 0.316. The monoisotopic (exact) mass is 430 g/mol. The molecule has 1 heterocycles. The van der Waals surface area contributed by atoms with Gasteiger partial charge in [-0.3, -0.25) is 0 Å². The molecule has 0 aliphatic rings. The summed E-state index contributed by atoms with van der Waals surface area (Å²) in [5, 5.41) is 1.13. The zero-order valence-electron chi connectivity index (χ0n) is 14.0. The Morgan fingerprint density at radius 1 is 1.09 bits per heavy atom. The van der Waals surface area contributed by atoms with Gasteiger partial charge in [-0.05, 0) is 0 Å². The molecule has 3 rings (SSSR count). The molecule has 2 aromatic carbocycles. The third-order valence-corrected chi connectivity index (χ3v) is 8.72. The van der Waals surface area contributed by atoms with E-state index in [1.807, 2.05) is 11.3 Å². The first kappa shape index (κ1) is 16.8. The molecule has 0 bridgehead atoms. The van der Waals surface area contributed by atoms with E-state index in [9.17, 15) is 0 Å². The Bertz CT molecular complexity index is 778. The summed E-state index contributed by atoms with van der Waals surface area (Å²) in [7, 11) is 4.13. The van der Waals surface area contributed by atoms with Gasteiger partial charge in [0.15, 0.2) is 0 Å². The number of hydrogen-bond donors (Lipinski definition) is 0. The molecule has 2 radical (unpaired) electrons. The number of hydrogen-bond acceptors (Lipinski definition) is 3. The van der Waals surface area contributed by atoms with Crippen LogP contribution in [0.4, 0.5) is 5.69 Å². The number of thiazole rings is 1. The summed E-state index contributed by atoms with van der Waals surface area (Å²) < 4.78 is 4.39. The van der Waals surface area contributed by atoms with Gasteiger partial charge in [-0.1, -0.05) is 0 Å². The van der Waals surface area contributed by atoms with Gasteiger partial charge in [0, 0.05) is 0 Å². The Balaban J connectivity index is 1.84. The second kappa shape index (κ2) is 7.67. The van der Waals surface area contributed by atoms with Crippen molar-refractivity contribution in [2.45, 2.75) is 24.2 Å². The molecule has 0 fully saturated rings. The van der Waals surface area contributed by atoms with E-state index in [0.717, 1.165) is 10.5 Å². The van der Waals surface area contributed by atoms with Crippen molar-refractivity contribution in [2.75, 3.05) is 19.0 Å². The van der Waals surface area contributed by atoms with Crippen LogP contribution in [0.1, 0.15) is 19.8 Å². The summed E-state index contributed by atoms with van der Waals surface area (Å²) in [4.78, 5) is 6.94. The average molecular weight is 429 g/mol. The van der Waals surface area contributed by atoms with Crippen LogP contribution < -0.4 is 8.48 Å². The summed E-state index contributed by atoms with van der Waals surface area (Å²) in [6, 6.07) is 15.6. The van der Waals surface area contributed by atoms with Crippen LogP contribution in [-0.4, -0.2) is 40.2 Å². The van der Waals surface area contributed by atoms with E-state index in [1.54, 1.807) is 3.58 Å². The predicted octanol–water partition coefficient (Wildman–Crippen LogP) is 4.58. The number of nitrogens with zero attached hydrogens (tertiary/aromatic N) is 2. The van der Waals surface area contributed by atoms with E-state index in [-0.39, 0.29) is 0 Å². The number of benzene rings is 2. The van der Waals surface area contributed by atoms with Gasteiger partial charge in [0.25, 0.3) is 0 Å². The van der Waals surface area contributed by atoms with Gasteiger partial charge in [-0.2, -0.15) is 0 Å². The van der Waals surface area contributed by atoms with Gasteiger partial charge in [0.2, 0.25) is 0 Å². The van der Waals surface area contributed by atoms with Crippen LogP contribution in [0.15, 0.2) is 42.5 Å². The van der Waals surface area contributed by atoms with Crippen LogP contribution in [0.2, 0.25) is 4.44 Å². The van der Waals surface area contributed by atoms with Gasteiger partial charge in [0.1, 0.15) is 0 Å². The fourth-order valence-corrected chi connectivity index (χ4v) is 7.39. The van der Waals surface area contributed by atoms with Gasteiger partial charge in [-0.25, -0.2) is 0 Å². The Labute approximate surface area is 152 Å². The molecule has 4 heteroatoms. The van der Waals surface area contributed by atoms with Crippen molar-refractivity contribution < 1.29 is 0 Å². The van der Waals surface area contributed by atoms with E-state index in [0.29, 0.717) is 0 Å². The molecule has 1 aromatic heterocycles. The molecular weight excluding hydrogens is 407 g/mol. The summed E-state index contributed by atoms with van der Waals surface area (Å²) in [5.41, 5.74) is 3.57. The molecule has 0 unspecified atom stereocenters. The normalized spacial score (nSPS) is 11.1. The molecule has 0 aliphatic heterocycles. The summed E-state index contributed by atoms with van der Waals surface area (Å²) in [6.07, 6.45) is 2.70. The van der Waals surface area contributed by atoms with Crippen LogP contribution in [0.3, 0.4) is 0 Å². The van der Waals surface area contributed by atoms with Gasteiger partial charge in [-0.15, -0.1) is 0 Å². The van der Waals surface area contributed by atoms with Crippen LogP contribution in [0.5, 0.6) is 0 Å². The van der Waals surface area contributed by atoms with Crippen molar-refractivity contribution in [3.05, 3.63) is 42.5 Å². The number of aromatic nitrogens is 1. The summed E-state index contributed by atoms with van der Waals surface area (Å²) in [6.45, 7) is 2.28. The Hall–Kier alpha value is -1.07. The molecule has 2 nitrogen and oxygen atoms in total. The maximum atomic E-state index is 4.82. The SMILES string of the molecule is CCC[CH2][Sn][c]1ccc2nc(-c3ccc(N(C)C)cc3)sc2c1. The second-order valence-electron chi connectivity index (χ2n) is 5.92. The van der Waals surface area contributed by atoms with E-state index >= 15 is 0 Å². The fourth-order valence-electron chi connectivity index (χ4n) is 2.47. The molecule has 23 heavy (non-hydrogen) atoms. The zero-order chi connectivity index (χ0) is 16.2. The Morgan fingerprint density at radius 2 is 1.87 bits per heavy atom. The molecule has 0 saturated carbocycles. The van der Waals surface area contributed by atoms with Crippen LogP contribution in [-0.2, 0) is 0 Å². The molecule has 118 valence electrons. The van der Waals surface area contributed by atoms with Crippen LogP contribution >= 0.6 is 11.3 Å². The molecule has 0 spiro atoms. The standard InChI is InChI=1S/C15H13N2S.C4H9.Sn/c1-17(2)12-9-7-11(8-10-12)15-16-13-5-3-4-6-14(13)18-15;1-3-4-2;/h3,5-10H,1-2H3;1,3-4H2,2H3;. The van der Waals surface area contributed by atoms with E-state index in [1.165, 1.54) is 33.2 Å². The molecular formula is C19H22N2SSn. The average Bonchev–Trinajstić information content (AvgIpc) is 2.98. The molecule has 0 aliphatic carbocycles. The molecule has 0 saturated heterocycles. The third kappa shape index (κ3) is 4.07. The van der Waals surface area contributed by atoms with Gasteiger partial charge >= 0.3 is 153 Å². The van der Waals surface area contributed by atoms with Gasteiger partial charge in [0.05, 0.1) is 0 Å². The summed E-state index contributed by atoms with van der Waals surface area (Å²) in [5.74, 6) is 0. The molecule has 0 N–H and O–H groups in total. The Morgan fingerprint density at radius 3 is 2.57 bits per heavy atom. The van der Waals surface area contributed by atoms with E-state index in [4.69, 9.17) is 4.98 Å². The van der Waals surface area contributed by atoms with E-state index < -0.39 is 21.1 Å². The Kier molecular flexibility index (Phi) is 5.59. The van der Waals surface area contributed by atoms with Crippen molar-refractivity contribution in [1.29, 1.82) is 0 Å². The summed E-state index contributed by atoms with van der Waals surface area (Å²) >= 11 is 1.43. The number of unbranched alkanes of at least 4 members (excludes halogenated alkanes) is 1. The second-order valence-corrected chi connectivity index (χ2v) is 11.0. The number of rotatable bonds is 6. The van der Waals surface area contributed by atoms with E-state index in [2.05, 4.69) is 68.4 Å². The maximum absolute atomic E-state index is 4.82. The third-order valence-electron chi connectivity index (χ3n) is 3.88. The minimum absolute atomic E-state index is 0.392. The number of fused-ring (bicyclic) bond motifs is 1. The minimum atomic E-state index is -0.392. The van der Waals surface area contributed by atoms with Crippen molar-refractivity contribution in [1.82, 2.24) is 4.98 Å². The van der Waals surface area contributed by atoms with Crippen LogP contribution in [0.25, 0.3) is 20.8 Å². The molecule has 0 amide bonds. The van der Waals surface area contributed by atoms with Gasteiger partial charge < -0.3 is 0 Å².